The second-order valence-corrected chi connectivity index (χ2v) is 6.40. The molecule has 0 saturated carbocycles. The molecular weight excluding hydrogens is 322 g/mol. The number of hydrogen-bond acceptors (Lipinski definition) is 4. The number of carbonyl (C=O) groups excluding carboxylic acids is 3. The molecule has 1 aromatic carbocycles. The first-order valence-electron chi connectivity index (χ1n) is 8.22. The molecule has 0 aliphatic rings. The highest BCUT2D eigenvalue weighted by Gasteiger charge is 2.25. The van der Waals surface area contributed by atoms with Crippen molar-refractivity contribution in [2.75, 3.05) is 7.11 Å². The number of nitrogens with one attached hydrogen (secondary N) is 2. The van der Waals surface area contributed by atoms with Crippen LogP contribution in [0.15, 0.2) is 24.3 Å². The normalized spacial score (nSPS) is 13.0. The minimum atomic E-state index is -0.857. The van der Waals surface area contributed by atoms with Crippen molar-refractivity contribution in [3.05, 3.63) is 29.8 Å². The number of methoxy groups -OCH3 is 1. The first-order valence-corrected chi connectivity index (χ1v) is 8.22. The summed E-state index contributed by atoms with van der Waals surface area (Å²) in [5.41, 5.74) is 6.26. The lowest BCUT2D eigenvalue weighted by Crippen LogP contribution is -2.53. The monoisotopic (exact) mass is 349 g/mol. The maximum Gasteiger partial charge on any atom is 0.243 e. The Morgan fingerprint density at radius 1 is 1.08 bits per heavy atom. The predicted octanol–water partition coefficient (Wildman–Crippen LogP) is 0.759. The van der Waals surface area contributed by atoms with Crippen molar-refractivity contribution >= 4 is 17.7 Å². The Labute approximate surface area is 148 Å². The number of rotatable bonds is 9. The molecule has 4 N–H and O–H groups in total. The number of primary amides is 1. The van der Waals surface area contributed by atoms with Gasteiger partial charge in [-0.1, -0.05) is 26.0 Å². The van der Waals surface area contributed by atoms with Gasteiger partial charge >= 0.3 is 0 Å². The Kier molecular flexibility index (Phi) is 7.91. The fourth-order valence-corrected chi connectivity index (χ4v) is 2.44. The van der Waals surface area contributed by atoms with Gasteiger partial charge in [-0.3, -0.25) is 14.4 Å². The van der Waals surface area contributed by atoms with Crippen molar-refractivity contribution in [2.45, 2.75) is 45.7 Å². The summed E-state index contributed by atoms with van der Waals surface area (Å²) in [6.07, 6.45) is 0.735. The molecule has 1 rings (SSSR count). The summed E-state index contributed by atoms with van der Waals surface area (Å²) in [4.78, 5) is 35.5. The van der Waals surface area contributed by atoms with E-state index in [0.717, 1.165) is 5.56 Å². The highest BCUT2D eigenvalue weighted by molar-refractivity contribution is 5.91. The van der Waals surface area contributed by atoms with Crippen molar-refractivity contribution in [1.29, 1.82) is 0 Å². The standard InChI is InChI=1S/C18H27N3O4/c1-11(2)9-16(20-12(3)22)18(24)21-15(17(19)23)10-13-5-7-14(25-4)8-6-13/h5-8,11,15-16H,9-10H2,1-4H3,(H2,19,23)(H,20,22)(H,21,24)/t15-,16+/m1/s1. The largest absolute Gasteiger partial charge is 0.497 e. The Balaban J connectivity index is 2.81. The van der Waals surface area contributed by atoms with E-state index in [4.69, 9.17) is 10.5 Å². The van der Waals surface area contributed by atoms with E-state index in [2.05, 4.69) is 10.6 Å². The molecule has 0 spiro atoms. The van der Waals surface area contributed by atoms with Crippen LogP contribution >= 0.6 is 0 Å². The molecule has 0 heterocycles. The van der Waals surface area contributed by atoms with Crippen molar-refractivity contribution in [2.24, 2.45) is 11.7 Å². The van der Waals surface area contributed by atoms with Crippen LogP contribution in [0.25, 0.3) is 0 Å². The molecule has 0 bridgehead atoms. The summed E-state index contributed by atoms with van der Waals surface area (Å²) in [6, 6.07) is 5.60. The highest BCUT2D eigenvalue weighted by atomic mass is 16.5. The molecular formula is C18H27N3O4. The van der Waals surface area contributed by atoms with Gasteiger partial charge in [0.1, 0.15) is 17.8 Å². The summed E-state index contributed by atoms with van der Waals surface area (Å²) < 4.78 is 5.09. The summed E-state index contributed by atoms with van der Waals surface area (Å²) in [7, 11) is 1.57. The SMILES string of the molecule is COc1ccc(C[C@@H](NC(=O)[C@H](CC(C)C)NC(C)=O)C(N)=O)cc1. The van der Waals surface area contributed by atoms with E-state index in [1.807, 2.05) is 13.8 Å². The molecule has 7 nitrogen and oxygen atoms in total. The van der Waals surface area contributed by atoms with E-state index < -0.39 is 23.9 Å². The van der Waals surface area contributed by atoms with Crippen LogP contribution in [0.2, 0.25) is 0 Å². The molecule has 0 fully saturated rings. The van der Waals surface area contributed by atoms with Crippen LogP contribution in [0.1, 0.15) is 32.8 Å². The fourth-order valence-electron chi connectivity index (χ4n) is 2.44. The third-order valence-electron chi connectivity index (χ3n) is 3.66. The first-order chi connectivity index (χ1) is 11.7. The molecule has 0 radical (unpaired) electrons. The lowest BCUT2D eigenvalue weighted by atomic mass is 10.0. The Hall–Kier alpha value is -2.57. The molecule has 25 heavy (non-hydrogen) atoms. The minimum absolute atomic E-state index is 0.205. The van der Waals surface area contributed by atoms with Crippen LogP contribution in [-0.4, -0.2) is 36.9 Å². The maximum atomic E-state index is 12.5. The van der Waals surface area contributed by atoms with Crippen LogP contribution in [-0.2, 0) is 20.8 Å². The molecule has 0 unspecified atom stereocenters. The summed E-state index contributed by atoms with van der Waals surface area (Å²) in [5.74, 6) is -0.439. The number of benzene rings is 1. The first kappa shape index (κ1) is 20.5. The average molecular weight is 349 g/mol. The van der Waals surface area contributed by atoms with Crippen LogP contribution in [0, 0.1) is 5.92 Å². The van der Waals surface area contributed by atoms with Crippen molar-refractivity contribution < 1.29 is 19.1 Å². The zero-order valence-corrected chi connectivity index (χ0v) is 15.2. The van der Waals surface area contributed by atoms with E-state index in [9.17, 15) is 14.4 Å². The summed E-state index contributed by atoms with van der Waals surface area (Å²) in [6.45, 7) is 5.25. The van der Waals surface area contributed by atoms with E-state index in [0.29, 0.717) is 12.2 Å². The maximum absolute atomic E-state index is 12.5. The second-order valence-electron chi connectivity index (χ2n) is 6.40. The van der Waals surface area contributed by atoms with Gasteiger partial charge in [-0.25, -0.2) is 0 Å². The fraction of sp³-hybridized carbons (Fsp3) is 0.500. The lowest BCUT2D eigenvalue weighted by Gasteiger charge is -2.22. The number of hydrogen-bond donors (Lipinski definition) is 3. The van der Waals surface area contributed by atoms with Crippen LogP contribution in [0.4, 0.5) is 0 Å². The van der Waals surface area contributed by atoms with Crippen molar-refractivity contribution in [3.8, 4) is 5.75 Å². The van der Waals surface area contributed by atoms with Crippen molar-refractivity contribution in [1.82, 2.24) is 10.6 Å². The van der Waals surface area contributed by atoms with Gasteiger partial charge in [0, 0.05) is 13.3 Å². The minimum Gasteiger partial charge on any atom is -0.497 e. The van der Waals surface area contributed by atoms with Crippen LogP contribution < -0.4 is 21.1 Å². The zero-order chi connectivity index (χ0) is 19.0. The molecule has 3 amide bonds. The molecule has 1 aromatic rings. The molecule has 2 atom stereocenters. The van der Waals surface area contributed by atoms with Gasteiger partial charge in [0.2, 0.25) is 17.7 Å². The number of amides is 3. The molecule has 0 aliphatic heterocycles. The summed E-state index contributed by atoms with van der Waals surface area (Å²) in [5, 5.41) is 5.26. The van der Waals surface area contributed by atoms with E-state index in [1.54, 1.807) is 31.4 Å². The Morgan fingerprint density at radius 2 is 1.68 bits per heavy atom. The van der Waals surface area contributed by atoms with Gasteiger partial charge in [0.05, 0.1) is 7.11 Å². The zero-order valence-electron chi connectivity index (χ0n) is 15.2. The third-order valence-corrected chi connectivity index (χ3v) is 3.66. The molecule has 0 aromatic heterocycles. The van der Waals surface area contributed by atoms with Gasteiger partial charge in [-0.15, -0.1) is 0 Å². The predicted molar refractivity (Wildman–Crippen MR) is 94.9 cm³/mol. The van der Waals surface area contributed by atoms with Crippen molar-refractivity contribution in [3.63, 3.8) is 0 Å². The second kappa shape index (κ2) is 9.66. The van der Waals surface area contributed by atoms with Gasteiger partial charge in [0.25, 0.3) is 0 Å². The highest BCUT2D eigenvalue weighted by Crippen LogP contribution is 2.13. The molecule has 138 valence electrons. The third kappa shape index (κ3) is 7.24. The smallest absolute Gasteiger partial charge is 0.243 e. The summed E-state index contributed by atoms with van der Waals surface area (Å²) >= 11 is 0. The quantitative estimate of drug-likeness (QED) is 0.611. The Morgan fingerprint density at radius 3 is 2.12 bits per heavy atom. The van der Waals surface area contributed by atoms with Crippen LogP contribution in [0.3, 0.4) is 0 Å². The van der Waals surface area contributed by atoms with Gasteiger partial charge in [0.15, 0.2) is 0 Å². The van der Waals surface area contributed by atoms with E-state index >= 15 is 0 Å². The Bertz CT molecular complexity index is 599. The van der Waals surface area contributed by atoms with Gasteiger partial charge in [-0.05, 0) is 30.0 Å². The molecule has 0 aliphatic carbocycles. The number of nitrogens with two attached hydrogens (primary N) is 1. The van der Waals surface area contributed by atoms with E-state index in [-0.39, 0.29) is 18.2 Å². The number of ether oxygens (including phenoxy) is 1. The number of carbonyl (C=O) groups is 3. The topological polar surface area (TPSA) is 111 Å². The van der Waals surface area contributed by atoms with Gasteiger partial charge < -0.3 is 21.1 Å². The van der Waals surface area contributed by atoms with Crippen LogP contribution in [0.5, 0.6) is 5.75 Å². The van der Waals surface area contributed by atoms with E-state index in [1.165, 1.54) is 6.92 Å². The van der Waals surface area contributed by atoms with Gasteiger partial charge in [-0.2, -0.15) is 0 Å². The average Bonchev–Trinajstić information content (AvgIpc) is 2.53. The lowest BCUT2D eigenvalue weighted by molar-refractivity contribution is -0.131. The molecule has 7 heteroatoms. The molecule has 0 saturated heterocycles.